The first-order valence-electron chi connectivity index (χ1n) is 21.9. The van der Waals surface area contributed by atoms with Crippen molar-refractivity contribution in [3.63, 3.8) is 0 Å². The summed E-state index contributed by atoms with van der Waals surface area (Å²) in [4.78, 5) is 0. The fraction of sp³-hybridized carbons (Fsp3) is 0.462. The fourth-order valence-electron chi connectivity index (χ4n) is 11.2. The molecule has 56 heavy (non-hydrogen) atoms. The molecule has 0 unspecified atom stereocenters. The summed E-state index contributed by atoms with van der Waals surface area (Å²) in [5, 5.41) is 11.6. The zero-order valence-corrected chi connectivity index (χ0v) is 43.0. The molecule has 4 heteroatoms. The summed E-state index contributed by atoms with van der Waals surface area (Å²) in [6.07, 6.45) is 0. The van der Waals surface area contributed by atoms with Crippen LogP contribution in [0.15, 0.2) is 66.7 Å². The van der Waals surface area contributed by atoms with Gasteiger partial charge in [-0.1, -0.05) is 95.2 Å². The molecule has 6 rings (SSSR count). The molecule has 1 heterocycles. The van der Waals surface area contributed by atoms with Crippen LogP contribution in [0.4, 0.5) is 0 Å². The first kappa shape index (κ1) is 43.0. The second kappa shape index (κ2) is 16.6. The molecular weight excluding hydrogens is 832 g/mol. The minimum atomic E-state index is -2.39. The molecule has 0 saturated carbocycles. The topological polar surface area (TPSA) is 0 Å². The van der Waals surface area contributed by atoms with Gasteiger partial charge in [-0.15, -0.1) is 0 Å². The number of thiophene rings is 1. The molecule has 0 bridgehead atoms. The quantitative estimate of drug-likeness (QED) is 0.0730. The van der Waals surface area contributed by atoms with Gasteiger partial charge in [0.15, 0.2) is 0 Å². The van der Waals surface area contributed by atoms with E-state index < -0.39 is 34.5 Å². The molecule has 0 amide bonds. The minimum absolute atomic E-state index is 0.563. The Hall–Kier alpha value is -2.55. The first-order valence-corrected chi connectivity index (χ1v) is 34.6. The first-order chi connectivity index (χ1) is 26.5. The van der Waals surface area contributed by atoms with Crippen LogP contribution < -0.4 is 2.89 Å². The summed E-state index contributed by atoms with van der Waals surface area (Å²) < 4.78 is 7.32. The Labute approximate surface area is 350 Å². The summed E-state index contributed by atoms with van der Waals surface area (Å²) >= 11 is -0.285. The normalized spacial score (nSPS) is 13.1. The van der Waals surface area contributed by atoms with E-state index in [1.165, 1.54) is 77.6 Å². The van der Waals surface area contributed by atoms with Crippen LogP contribution in [0.5, 0.6) is 0 Å². The molecule has 0 fully saturated rings. The van der Waals surface area contributed by atoms with Gasteiger partial charge < -0.3 is 0 Å². The SMILES string of the molecule is C[CH2][Sn]([CH2]C)([CH2]C)[c]1cc2cc3cc4c(C#C[Si](C(C)C)(C(C)C)C(C)C)c5cc6ccccc6cc5c(C#C[Si](C(C)C)(C(C)C)C(C)C)c4cc3cc2s1. The molecule has 0 aliphatic heterocycles. The van der Waals surface area contributed by atoms with Gasteiger partial charge in [0.1, 0.15) is 0 Å². The molecule has 0 radical (unpaired) electrons. The molecule has 0 N–H and O–H groups in total. The van der Waals surface area contributed by atoms with Gasteiger partial charge in [-0.2, -0.15) is 0 Å². The second-order valence-electron chi connectivity index (χ2n) is 18.9. The van der Waals surface area contributed by atoms with Gasteiger partial charge in [-0.05, 0) is 0 Å². The third-order valence-electron chi connectivity index (χ3n) is 14.7. The Morgan fingerprint density at radius 2 is 0.821 bits per heavy atom. The van der Waals surface area contributed by atoms with Crippen molar-refractivity contribution < 1.29 is 0 Å². The maximum absolute atomic E-state index is 4.19. The van der Waals surface area contributed by atoms with Crippen LogP contribution in [0.3, 0.4) is 0 Å². The van der Waals surface area contributed by atoms with Gasteiger partial charge in [-0.3, -0.25) is 0 Å². The molecule has 0 aliphatic carbocycles. The van der Waals surface area contributed by atoms with E-state index in [-0.39, 0.29) is 0 Å². The third kappa shape index (κ3) is 7.14. The van der Waals surface area contributed by atoms with Crippen molar-refractivity contribution in [2.75, 3.05) is 0 Å². The zero-order chi connectivity index (χ0) is 40.9. The van der Waals surface area contributed by atoms with Crippen LogP contribution in [-0.4, -0.2) is 34.5 Å². The van der Waals surface area contributed by atoms with E-state index in [4.69, 9.17) is 0 Å². The Morgan fingerprint density at radius 3 is 1.18 bits per heavy atom. The van der Waals surface area contributed by atoms with Crippen LogP contribution >= 0.6 is 11.3 Å². The molecular formula is C52H68SSi2Sn. The van der Waals surface area contributed by atoms with Crippen LogP contribution in [0.1, 0.15) is 115 Å². The average Bonchev–Trinajstić information content (AvgIpc) is 3.56. The molecule has 1 aromatic heterocycles. The van der Waals surface area contributed by atoms with Crippen molar-refractivity contribution in [2.45, 2.75) is 150 Å². The van der Waals surface area contributed by atoms with E-state index in [0.717, 1.165) is 0 Å². The van der Waals surface area contributed by atoms with Gasteiger partial charge in [0.25, 0.3) is 0 Å². The predicted molar refractivity (Wildman–Crippen MR) is 265 cm³/mol. The summed E-state index contributed by atoms with van der Waals surface area (Å²) in [7, 11) is -4.05. The number of fused-ring (bicyclic) bond motifs is 5. The number of benzene rings is 5. The van der Waals surface area contributed by atoms with E-state index >= 15 is 0 Å². The van der Waals surface area contributed by atoms with Crippen molar-refractivity contribution >= 4 is 102 Å². The second-order valence-corrected chi connectivity index (χ2v) is 47.1. The van der Waals surface area contributed by atoms with Crippen molar-refractivity contribution in [3.05, 3.63) is 77.9 Å². The predicted octanol–water partition coefficient (Wildman–Crippen LogP) is 16.4. The van der Waals surface area contributed by atoms with Gasteiger partial charge in [0.2, 0.25) is 0 Å². The molecule has 0 saturated heterocycles. The Morgan fingerprint density at radius 1 is 0.464 bits per heavy atom. The van der Waals surface area contributed by atoms with Crippen molar-refractivity contribution in [1.82, 2.24) is 0 Å². The van der Waals surface area contributed by atoms with Gasteiger partial charge in [0.05, 0.1) is 0 Å². The molecule has 0 aliphatic rings. The maximum atomic E-state index is 4.19. The van der Waals surface area contributed by atoms with Crippen molar-refractivity contribution in [1.29, 1.82) is 0 Å². The summed E-state index contributed by atoms with van der Waals surface area (Å²) in [5.74, 6) is 8.13. The average molecular weight is 900 g/mol. The molecule has 6 aromatic rings. The van der Waals surface area contributed by atoms with Crippen LogP contribution in [0.2, 0.25) is 46.6 Å². The molecule has 294 valence electrons. The van der Waals surface area contributed by atoms with Crippen LogP contribution in [0, 0.1) is 22.9 Å². The van der Waals surface area contributed by atoms with E-state index in [0.29, 0.717) is 33.2 Å². The van der Waals surface area contributed by atoms with E-state index in [1.54, 1.807) is 2.89 Å². The van der Waals surface area contributed by atoms with E-state index in [9.17, 15) is 0 Å². The summed E-state index contributed by atoms with van der Waals surface area (Å²) in [6.45, 7) is 36.5. The van der Waals surface area contributed by atoms with Gasteiger partial charge in [-0.25, -0.2) is 0 Å². The van der Waals surface area contributed by atoms with E-state index in [2.05, 4.69) is 205 Å². The van der Waals surface area contributed by atoms with Crippen LogP contribution in [0.25, 0.3) is 53.2 Å². The monoisotopic (exact) mass is 900 g/mol. The number of hydrogen-bond acceptors (Lipinski definition) is 1. The zero-order valence-electron chi connectivity index (χ0n) is 37.3. The van der Waals surface area contributed by atoms with Gasteiger partial charge in [0, 0.05) is 0 Å². The standard InChI is InChI=1S/C46H53SSi2.3C2H5.Sn/c1-29(2)48(30(3)4,31(5)6)21-18-40-42-24-35-15-13-14-16-36(35)25-43(42)41(19-22-49(32(7)8,33(9)10)34(11)12)45-27-39-28-46-37(17-20-47-46)23-38(39)26-44(40)45;3*1-2;/h13-17,23-34H,1-12H3;3*1H2,2H3;. The fourth-order valence-corrected chi connectivity index (χ4v) is 37.0. The molecule has 0 spiro atoms. The van der Waals surface area contributed by atoms with E-state index in [1.807, 2.05) is 0 Å². The Balaban J connectivity index is 1.83. The van der Waals surface area contributed by atoms with Gasteiger partial charge >= 0.3 is 258 Å². The number of hydrogen-bond donors (Lipinski definition) is 0. The Bertz CT molecular complexity index is 2320. The van der Waals surface area contributed by atoms with Crippen LogP contribution in [-0.2, 0) is 0 Å². The molecule has 0 nitrogen and oxygen atoms in total. The summed E-state index contributed by atoms with van der Waals surface area (Å²) in [6, 6.07) is 26.4. The Kier molecular flexibility index (Phi) is 12.8. The third-order valence-corrected chi connectivity index (χ3v) is 46.9. The number of rotatable bonds is 10. The van der Waals surface area contributed by atoms with Crippen molar-refractivity contribution in [2.24, 2.45) is 0 Å². The summed E-state index contributed by atoms with van der Waals surface area (Å²) in [5.41, 5.74) is 14.1. The molecule has 5 aromatic carbocycles. The van der Waals surface area contributed by atoms with Crippen molar-refractivity contribution in [3.8, 4) is 22.9 Å². The molecule has 0 atom stereocenters.